The molecule has 0 atom stereocenters. The molecule has 0 spiro atoms. The first-order valence-corrected chi connectivity index (χ1v) is 6.28. The number of aromatic carboxylic acids is 1. The lowest BCUT2D eigenvalue weighted by atomic mass is 10.4. The molecule has 2 amide bonds. The summed E-state index contributed by atoms with van der Waals surface area (Å²) in [5, 5.41) is 13.5. The average Bonchev–Trinajstić information content (AvgIpc) is 2.66. The average molecular weight is 311 g/mol. The maximum atomic E-state index is 11.8. The van der Waals surface area contributed by atoms with Crippen molar-refractivity contribution in [2.24, 2.45) is 0 Å². The van der Waals surface area contributed by atoms with E-state index >= 15 is 0 Å². The summed E-state index contributed by atoms with van der Waals surface area (Å²) in [4.78, 5) is 26.0. The van der Waals surface area contributed by atoms with Crippen LogP contribution in [-0.2, 0) is 6.54 Å². The second-order valence-electron chi connectivity index (χ2n) is 3.80. The molecule has 1 aromatic heterocycles. The molecule has 1 heterocycles. The van der Waals surface area contributed by atoms with E-state index in [1.54, 1.807) is 0 Å². The van der Waals surface area contributed by atoms with Crippen molar-refractivity contribution < 1.29 is 27.9 Å². The van der Waals surface area contributed by atoms with Crippen molar-refractivity contribution in [2.75, 3.05) is 6.54 Å². The Hall–Kier alpha value is -1.84. The van der Waals surface area contributed by atoms with Crippen LogP contribution in [0.4, 0.5) is 18.0 Å². The molecular formula is C10H12F3N3O3S. The molecular weight excluding hydrogens is 299 g/mol. The summed E-state index contributed by atoms with van der Waals surface area (Å²) in [6.45, 7) is 0.954. The van der Waals surface area contributed by atoms with E-state index in [-0.39, 0.29) is 11.4 Å². The van der Waals surface area contributed by atoms with Crippen LogP contribution in [0.25, 0.3) is 0 Å². The number of aromatic nitrogens is 1. The zero-order valence-electron chi connectivity index (χ0n) is 10.4. The first-order valence-electron chi connectivity index (χ1n) is 5.47. The maximum Gasteiger partial charge on any atom is 0.390 e. The molecule has 0 radical (unpaired) electrons. The Balaban J connectivity index is 2.38. The van der Waals surface area contributed by atoms with Crippen LogP contribution in [0.1, 0.15) is 26.8 Å². The van der Waals surface area contributed by atoms with Crippen LogP contribution in [0, 0.1) is 6.92 Å². The fraction of sp³-hybridized carbons (Fsp3) is 0.500. The van der Waals surface area contributed by atoms with Gasteiger partial charge in [-0.15, -0.1) is 11.3 Å². The summed E-state index contributed by atoms with van der Waals surface area (Å²) < 4.78 is 35.5. The molecule has 1 rings (SSSR count). The molecule has 0 saturated carbocycles. The number of nitrogens with one attached hydrogen (secondary N) is 2. The van der Waals surface area contributed by atoms with Gasteiger partial charge in [0.1, 0.15) is 9.88 Å². The second-order valence-corrected chi connectivity index (χ2v) is 4.89. The van der Waals surface area contributed by atoms with E-state index in [0.29, 0.717) is 10.7 Å². The van der Waals surface area contributed by atoms with Crippen molar-refractivity contribution >= 4 is 23.3 Å². The third kappa shape index (κ3) is 5.43. The van der Waals surface area contributed by atoms with Crippen LogP contribution in [0.2, 0.25) is 0 Å². The van der Waals surface area contributed by atoms with Gasteiger partial charge in [0.2, 0.25) is 0 Å². The van der Waals surface area contributed by atoms with Gasteiger partial charge in [-0.2, -0.15) is 13.2 Å². The monoisotopic (exact) mass is 311 g/mol. The minimum Gasteiger partial charge on any atom is -0.477 e. The Kier molecular flexibility index (Phi) is 5.31. The fourth-order valence-electron chi connectivity index (χ4n) is 1.26. The van der Waals surface area contributed by atoms with Gasteiger partial charge >= 0.3 is 18.2 Å². The number of hydrogen-bond donors (Lipinski definition) is 3. The lowest BCUT2D eigenvalue weighted by Crippen LogP contribution is -2.36. The topological polar surface area (TPSA) is 91.3 Å². The van der Waals surface area contributed by atoms with Gasteiger partial charge in [-0.25, -0.2) is 14.6 Å². The number of carboxylic acids is 1. The first-order chi connectivity index (χ1) is 9.19. The molecule has 0 saturated heterocycles. The Bertz CT molecular complexity index is 502. The predicted molar refractivity (Wildman–Crippen MR) is 64.7 cm³/mol. The number of carbonyl (C=O) groups is 2. The summed E-state index contributed by atoms with van der Waals surface area (Å²) in [5.74, 6) is -1.11. The van der Waals surface area contributed by atoms with Crippen LogP contribution in [0.15, 0.2) is 0 Å². The minimum atomic E-state index is -4.32. The van der Waals surface area contributed by atoms with E-state index in [1.807, 2.05) is 5.32 Å². The quantitative estimate of drug-likeness (QED) is 0.774. The number of halogens is 3. The molecule has 1 aromatic rings. The number of thiazole rings is 1. The fourth-order valence-corrected chi connectivity index (χ4v) is 2.11. The number of amides is 2. The Morgan fingerprint density at radius 2 is 2.00 bits per heavy atom. The lowest BCUT2D eigenvalue weighted by Gasteiger charge is -2.08. The number of rotatable bonds is 5. The van der Waals surface area contributed by atoms with Gasteiger partial charge in [0, 0.05) is 6.54 Å². The highest BCUT2D eigenvalue weighted by Gasteiger charge is 2.26. The first kappa shape index (κ1) is 16.2. The highest BCUT2D eigenvalue weighted by molar-refractivity contribution is 7.13. The SMILES string of the molecule is Cc1nc(CNC(=O)NCCC(F)(F)F)sc1C(=O)O. The Morgan fingerprint density at radius 3 is 2.50 bits per heavy atom. The van der Waals surface area contributed by atoms with Gasteiger partial charge in [0.05, 0.1) is 18.7 Å². The van der Waals surface area contributed by atoms with Crippen LogP contribution in [0.5, 0.6) is 0 Å². The molecule has 0 aliphatic rings. The number of alkyl halides is 3. The molecule has 0 aliphatic carbocycles. The van der Waals surface area contributed by atoms with Gasteiger partial charge in [-0.1, -0.05) is 0 Å². The summed E-state index contributed by atoms with van der Waals surface area (Å²) in [7, 11) is 0. The third-order valence-corrected chi connectivity index (χ3v) is 3.27. The van der Waals surface area contributed by atoms with E-state index < -0.39 is 31.1 Å². The number of hydrogen-bond acceptors (Lipinski definition) is 4. The van der Waals surface area contributed by atoms with Crippen molar-refractivity contribution in [1.29, 1.82) is 0 Å². The van der Waals surface area contributed by atoms with Crippen molar-refractivity contribution in [3.8, 4) is 0 Å². The van der Waals surface area contributed by atoms with Crippen molar-refractivity contribution in [3.63, 3.8) is 0 Å². The van der Waals surface area contributed by atoms with E-state index in [1.165, 1.54) is 6.92 Å². The Labute approximate surface area is 116 Å². The third-order valence-electron chi connectivity index (χ3n) is 2.13. The molecule has 3 N–H and O–H groups in total. The van der Waals surface area contributed by atoms with E-state index in [4.69, 9.17) is 5.11 Å². The number of urea groups is 1. The highest BCUT2D eigenvalue weighted by atomic mass is 32.1. The molecule has 112 valence electrons. The van der Waals surface area contributed by atoms with E-state index in [2.05, 4.69) is 10.3 Å². The van der Waals surface area contributed by atoms with Crippen LogP contribution in [-0.4, -0.2) is 34.8 Å². The summed E-state index contributed by atoms with van der Waals surface area (Å²) in [5.41, 5.74) is 0.330. The number of carbonyl (C=O) groups excluding carboxylic acids is 1. The van der Waals surface area contributed by atoms with Crippen LogP contribution >= 0.6 is 11.3 Å². The van der Waals surface area contributed by atoms with Gasteiger partial charge in [0.15, 0.2) is 0 Å². The van der Waals surface area contributed by atoms with Gasteiger partial charge in [0.25, 0.3) is 0 Å². The maximum absolute atomic E-state index is 11.8. The summed E-state index contributed by atoms with van der Waals surface area (Å²) >= 11 is 0.905. The molecule has 0 bridgehead atoms. The molecule has 0 unspecified atom stereocenters. The van der Waals surface area contributed by atoms with Gasteiger partial charge < -0.3 is 15.7 Å². The van der Waals surface area contributed by atoms with Crippen LogP contribution < -0.4 is 10.6 Å². The normalized spacial score (nSPS) is 11.2. The number of carboxylic acid groups (broad SMARTS) is 1. The van der Waals surface area contributed by atoms with Crippen molar-refractivity contribution in [2.45, 2.75) is 26.1 Å². The molecule has 0 aliphatic heterocycles. The standard InChI is InChI=1S/C10H12F3N3O3S/c1-5-7(8(17)18)20-6(16-5)4-15-9(19)14-3-2-10(11,12)13/h2-4H2,1H3,(H,17,18)(H2,14,15,19). The van der Waals surface area contributed by atoms with E-state index in [9.17, 15) is 22.8 Å². The number of nitrogens with zero attached hydrogens (tertiary/aromatic N) is 1. The highest BCUT2D eigenvalue weighted by Crippen LogP contribution is 2.18. The van der Waals surface area contributed by atoms with E-state index in [0.717, 1.165) is 11.3 Å². The van der Waals surface area contributed by atoms with Crippen molar-refractivity contribution in [1.82, 2.24) is 15.6 Å². The minimum absolute atomic E-state index is 0.0450. The zero-order chi connectivity index (χ0) is 15.3. The lowest BCUT2D eigenvalue weighted by molar-refractivity contribution is -0.132. The van der Waals surface area contributed by atoms with Gasteiger partial charge in [-0.3, -0.25) is 0 Å². The Morgan fingerprint density at radius 1 is 1.35 bits per heavy atom. The molecule has 6 nitrogen and oxygen atoms in total. The zero-order valence-corrected chi connectivity index (χ0v) is 11.2. The molecule has 0 aromatic carbocycles. The largest absolute Gasteiger partial charge is 0.477 e. The predicted octanol–water partition coefficient (Wildman–Crippen LogP) is 1.90. The van der Waals surface area contributed by atoms with Gasteiger partial charge in [-0.05, 0) is 6.92 Å². The molecule has 0 fully saturated rings. The van der Waals surface area contributed by atoms with Crippen molar-refractivity contribution in [3.05, 3.63) is 15.6 Å². The number of aryl methyl sites for hydroxylation is 1. The summed E-state index contributed by atoms with van der Waals surface area (Å²) in [6, 6.07) is -0.765. The molecule has 10 heteroatoms. The molecule has 20 heavy (non-hydrogen) atoms. The smallest absolute Gasteiger partial charge is 0.390 e. The summed E-state index contributed by atoms with van der Waals surface area (Å²) in [6.07, 6.45) is -5.43. The van der Waals surface area contributed by atoms with Crippen LogP contribution in [0.3, 0.4) is 0 Å². The second kappa shape index (κ2) is 6.55.